The highest BCUT2D eigenvalue weighted by Crippen LogP contribution is 2.13. The number of ether oxygens (including phenoxy) is 1. The molecule has 1 aromatic carbocycles. The van der Waals surface area contributed by atoms with Crippen molar-refractivity contribution in [1.82, 2.24) is 10.3 Å². The second-order valence-electron chi connectivity index (χ2n) is 4.17. The van der Waals surface area contributed by atoms with Crippen LogP contribution in [0.4, 0.5) is 10.5 Å². The molecule has 0 saturated carbocycles. The number of urea groups is 1. The van der Waals surface area contributed by atoms with Crippen LogP contribution in [0.25, 0.3) is 0 Å². The van der Waals surface area contributed by atoms with Crippen LogP contribution in [0.3, 0.4) is 0 Å². The van der Waals surface area contributed by atoms with Gasteiger partial charge >= 0.3 is 12.0 Å². The third-order valence-electron chi connectivity index (χ3n) is 2.51. The Balaban J connectivity index is 1.75. The van der Waals surface area contributed by atoms with E-state index in [4.69, 9.17) is 4.74 Å². The van der Waals surface area contributed by atoms with Crippen LogP contribution < -0.4 is 10.6 Å². The van der Waals surface area contributed by atoms with E-state index in [1.807, 2.05) is 0 Å². The molecule has 114 valence electrons. The number of benzene rings is 1. The highest BCUT2D eigenvalue weighted by molar-refractivity contribution is 9.10. The smallest absolute Gasteiger partial charge is 0.355 e. The van der Waals surface area contributed by atoms with Crippen LogP contribution in [0.5, 0.6) is 0 Å². The highest BCUT2D eigenvalue weighted by Gasteiger charge is 2.12. The number of H-pyrrole nitrogens is 1. The molecule has 2 aromatic rings. The summed E-state index contributed by atoms with van der Waals surface area (Å²) in [7, 11) is 0. The van der Waals surface area contributed by atoms with Crippen molar-refractivity contribution in [2.45, 2.75) is 0 Å². The van der Waals surface area contributed by atoms with Gasteiger partial charge in [-0.2, -0.15) is 0 Å². The Morgan fingerprint density at radius 3 is 2.50 bits per heavy atom. The second kappa shape index (κ2) is 7.41. The average molecular weight is 366 g/mol. The molecule has 1 heterocycles. The monoisotopic (exact) mass is 365 g/mol. The minimum absolute atomic E-state index is 0.229. The summed E-state index contributed by atoms with van der Waals surface area (Å²) in [6, 6.07) is 9.26. The summed E-state index contributed by atoms with van der Waals surface area (Å²) in [4.78, 5) is 37.2. The Morgan fingerprint density at radius 2 is 1.86 bits per heavy atom. The lowest BCUT2D eigenvalue weighted by Crippen LogP contribution is -2.37. The van der Waals surface area contributed by atoms with E-state index in [1.165, 1.54) is 6.07 Å². The predicted molar refractivity (Wildman–Crippen MR) is 82.4 cm³/mol. The molecule has 0 spiro atoms. The Bertz CT molecular complexity index is 668. The zero-order valence-electron chi connectivity index (χ0n) is 11.3. The molecule has 0 aliphatic carbocycles. The molecular weight excluding hydrogens is 354 g/mol. The Morgan fingerprint density at radius 1 is 1.14 bits per heavy atom. The van der Waals surface area contributed by atoms with Gasteiger partial charge in [-0.1, -0.05) is 15.9 Å². The largest absolute Gasteiger partial charge is 0.451 e. The first-order chi connectivity index (χ1) is 10.5. The number of hydrogen-bond acceptors (Lipinski definition) is 4. The summed E-state index contributed by atoms with van der Waals surface area (Å²) >= 11 is 3.27. The Hall–Kier alpha value is -2.61. The van der Waals surface area contributed by atoms with Gasteiger partial charge in [0.2, 0.25) is 0 Å². The molecule has 22 heavy (non-hydrogen) atoms. The lowest BCUT2D eigenvalue weighted by atomic mass is 10.3. The van der Waals surface area contributed by atoms with E-state index in [0.29, 0.717) is 5.69 Å². The fraction of sp³-hybridized carbons (Fsp3) is 0.0714. The maximum Gasteiger partial charge on any atom is 0.355 e. The predicted octanol–water partition coefficient (Wildman–Crippen LogP) is 2.28. The number of amides is 3. The third-order valence-corrected chi connectivity index (χ3v) is 3.04. The Labute approximate surface area is 134 Å². The van der Waals surface area contributed by atoms with Gasteiger partial charge in [-0.05, 0) is 36.4 Å². The molecule has 2 rings (SSSR count). The Kier molecular flexibility index (Phi) is 5.31. The fourth-order valence-electron chi connectivity index (χ4n) is 1.52. The minimum atomic E-state index is -0.727. The van der Waals surface area contributed by atoms with Crippen molar-refractivity contribution in [2.75, 3.05) is 11.9 Å². The number of aromatic amines is 1. The molecule has 0 aliphatic heterocycles. The normalized spacial score (nSPS) is 9.86. The van der Waals surface area contributed by atoms with Gasteiger partial charge in [-0.15, -0.1) is 0 Å². The van der Waals surface area contributed by atoms with Gasteiger partial charge in [0.15, 0.2) is 6.61 Å². The van der Waals surface area contributed by atoms with E-state index in [9.17, 15) is 14.4 Å². The maximum absolute atomic E-state index is 11.6. The molecule has 8 heteroatoms. The molecular formula is C14H12BrN3O4. The van der Waals surface area contributed by atoms with Crippen molar-refractivity contribution < 1.29 is 19.1 Å². The molecule has 7 nitrogen and oxygen atoms in total. The highest BCUT2D eigenvalue weighted by atomic mass is 79.9. The number of carbonyl (C=O) groups is 3. The zero-order valence-corrected chi connectivity index (χ0v) is 12.8. The van der Waals surface area contributed by atoms with Crippen molar-refractivity contribution in [3.05, 3.63) is 52.8 Å². The number of anilines is 1. The molecule has 0 radical (unpaired) electrons. The van der Waals surface area contributed by atoms with E-state index in [2.05, 4.69) is 31.5 Å². The molecule has 3 N–H and O–H groups in total. The van der Waals surface area contributed by atoms with E-state index in [0.717, 1.165) is 4.47 Å². The summed E-state index contributed by atoms with van der Waals surface area (Å²) in [5, 5.41) is 4.53. The summed E-state index contributed by atoms with van der Waals surface area (Å²) in [5.41, 5.74) is 0.754. The summed E-state index contributed by atoms with van der Waals surface area (Å²) < 4.78 is 5.61. The van der Waals surface area contributed by atoms with Crippen molar-refractivity contribution in [3.63, 3.8) is 0 Å². The first-order valence-electron chi connectivity index (χ1n) is 6.21. The SMILES string of the molecule is O=C(COC(=O)c1ccc[nH]1)NC(=O)Nc1ccc(Br)cc1. The number of halogens is 1. The number of hydrogen-bond donors (Lipinski definition) is 3. The quantitative estimate of drug-likeness (QED) is 0.723. The van der Waals surface area contributed by atoms with E-state index >= 15 is 0 Å². The van der Waals surface area contributed by atoms with E-state index in [1.54, 1.807) is 36.5 Å². The topological polar surface area (TPSA) is 100 Å². The molecule has 0 aliphatic rings. The lowest BCUT2D eigenvalue weighted by molar-refractivity contribution is -0.123. The van der Waals surface area contributed by atoms with Crippen LogP contribution in [-0.4, -0.2) is 29.5 Å². The number of imide groups is 1. The summed E-state index contributed by atoms with van der Waals surface area (Å²) in [5.74, 6) is -1.40. The maximum atomic E-state index is 11.6. The first-order valence-corrected chi connectivity index (χ1v) is 7.01. The number of carbonyl (C=O) groups excluding carboxylic acids is 3. The van der Waals surface area contributed by atoms with E-state index in [-0.39, 0.29) is 5.69 Å². The van der Waals surface area contributed by atoms with Gasteiger partial charge < -0.3 is 15.0 Å². The van der Waals surface area contributed by atoms with Gasteiger partial charge in [0.05, 0.1) is 0 Å². The minimum Gasteiger partial charge on any atom is -0.451 e. The van der Waals surface area contributed by atoms with Crippen LogP contribution in [0, 0.1) is 0 Å². The molecule has 3 amide bonds. The van der Waals surface area contributed by atoms with Gasteiger partial charge in [0, 0.05) is 16.4 Å². The summed E-state index contributed by atoms with van der Waals surface area (Å²) in [6.45, 7) is -0.550. The van der Waals surface area contributed by atoms with Crippen LogP contribution in [0.1, 0.15) is 10.5 Å². The summed E-state index contributed by atoms with van der Waals surface area (Å²) in [6.07, 6.45) is 1.56. The standard InChI is InChI=1S/C14H12BrN3O4/c15-9-3-5-10(6-4-9)17-14(21)18-12(19)8-22-13(20)11-2-1-7-16-11/h1-7,16H,8H2,(H2,17,18,19,21). The first kappa shape index (κ1) is 15.8. The molecule has 0 fully saturated rings. The van der Waals surface area contributed by atoms with Gasteiger partial charge in [-0.3, -0.25) is 10.1 Å². The van der Waals surface area contributed by atoms with Crippen molar-refractivity contribution in [1.29, 1.82) is 0 Å². The zero-order chi connectivity index (χ0) is 15.9. The van der Waals surface area contributed by atoms with Crippen LogP contribution in [0.15, 0.2) is 47.1 Å². The number of rotatable bonds is 4. The average Bonchev–Trinajstić information content (AvgIpc) is 3.01. The molecule has 0 atom stereocenters. The van der Waals surface area contributed by atoms with Crippen LogP contribution in [-0.2, 0) is 9.53 Å². The molecule has 0 bridgehead atoms. The van der Waals surface area contributed by atoms with Gasteiger partial charge in [0.25, 0.3) is 5.91 Å². The van der Waals surface area contributed by atoms with Gasteiger partial charge in [0.1, 0.15) is 5.69 Å². The molecule has 1 aromatic heterocycles. The number of esters is 1. The van der Waals surface area contributed by atoms with Crippen LogP contribution in [0.2, 0.25) is 0 Å². The fourth-order valence-corrected chi connectivity index (χ4v) is 1.79. The van der Waals surface area contributed by atoms with Crippen molar-refractivity contribution >= 4 is 39.5 Å². The lowest BCUT2D eigenvalue weighted by Gasteiger charge is -2.07. The number of aromatic nitrogens is 1. The van der Waals surface area contributed by atoms with Gasteiger partial charge in [-0.25, -0.2) is 9.59 Å². The molecule has 0 saturated heterocycles. The third kappa shape index (κ3) is 4.74. The van der Waals surface area contributed by atoms with Crippen LogP contribution >= 0.6 is 15.9 Å². The van der Waals surface area contributed by atoms with Crippen molar-refractivity contribution in [3.8, 4) is 0 Å². The number of nitrogens with one attached hydrogen (secondary N) is 3. The van der Waals surface area contributed by atoms with E-state index < -0.39 is 24.5 Å². The van der Waals surface area contributed by atoms with Crippen molar-refractivity contribution in [2.24, 2.45) is 0 Å². The second-order valence-corrected chi connectivity index (χ2v) is 5.08. The molecule has 0 unspecified atom stereocenters.